The van der Waals surface area contributed by atoms with Gasteiger partial charge in [-0.1, -0.05) is 11.6 Å². The van der Waals surface area contributed by atoms with Gasteiger partial charge in [-0.2, -0.15) is 5.10 Å². The predicted molar refractivity (Wildman–Crippen MR) is 71.9 cm³/mol. The Labute approximate surface area is 116 Å². The normalized spacial score (nSPS) is 10.7. The second-order valence-electron chi connectivity index (χ2n) is 4.31. The summed E-state index contributed by atoms with van der Waals surface area (Å²) in [7, 11) is 0. The zero-order valence-corrected chi connectivity index (χ0v) is 11.7. The van der Waals surface area contributed by atoms with Crippen LogP contribution in [0, 0.1) is 13.8 Å². The Hall–Kier alpha value is -1.75. The lowest BCUT2D eigenvalue weighted by Crippen LogP contribution is -2.24. The monoisotopic (exact) mass is 281 g/mol. The van der Waals surface area contributed by atoms with Gasteiger partial charge in [-0.25, -0.2) is 0 Å². The molecule has 2 heterocycles. The Balaban J connectivity index is 1.81. The number of aromatic nitrogens is 2. The summed E-state index contributed by atoms with van der Waals surface area (Å²) in [5.41, 5.74) is 1.67. The molecule has 0 aromatic carbocycles. The number of furan rings is 1. The van der Waals surface area contributed by atoms with E-state index in [4.69, 9.17) is 16.0 Å². The number of nitrogens with one attached hydrogen (secondary N) is 1. The first-order chi connectivity index (χ1) is 9.08. The molecule has 0 radical (unpaired) electrons. The Morgan fingerprint density at radius 1 is 1.53 bits per heavy atom. The van der Waals surface area contributed by atoms with Gasteiger partial charge < -0.3 is 9.73 Å². The Morgan fingerprint density at radius 3 is 2.89 bits per heavy atom. The molecule has 2 aromatic rings. The first-order valence-corrected chi connectivity index (χ1v) is 6.44. The lowest BCUT2D eigenvalue weighted by atomic mass is 10.3. The topological polar surface area (TPSA) is 60.1 Å². The molecule has 0 aliphatic rings. The molecule has 6 heteroatoms. The van der Waals surface area contributed by atoms with E-state index in [1.807, 2.05) is 19.9 Å². The van der Waals surface area contributed by atoms with Gasteiger partial charge in [-0.3, -0.25) is 9.48 Å². The number of amides is 1. The summed E-state index contributed by atoms with van der Waals surface area (Å²) in [6.07, 6.45) is 1.94. The van der Waals surface area contributed by atoms with Crippen LogP contribution in [0.5, 0.6) is 0 Å². The number of carbonyl (C=O) groups is 1. The highest BCUT2D eigenvalue weighted by Gasteiger charge is 2.10. The molecule has 0 saturated carbocycles. The third-order valence-corrected chi connectivity index (χ3v) is 3.43. The smallest absolute Gasteiger partial charge is 0.222 e. The third-order valence-electron chi connectivity index (χ3n) is 2.88. The number of halogens is 1. The molecule has 0 spiro atoms. The van der Waals surface area contributed by atoms with Crippen molar-refractivity contribution in [1.29, 1.82) is 0 Å². The molecule has 102 valence electrons. The number of aryl methyl sites for hydroxylation is 2. The van der Waals surface area contributed by atoms with Crippen molar-refractivity contribution in [2.45, 2.75) is 33.4 Å². The van der Waals surface area contributed by atoms with Crippen molar-refractivity contribution in [1.82, 2.24) is 15.1 Å². The van der Waals surface area contributed by atoms with Crippen molar-refractivity contribution in [3.05, 3.63) is 40.6 Å². The molecule has 0 aliphatic heterocycles. The fourth-order valence-electron chi connectivity index (χ4n) is 1.79. The zero-order chi connectivity index (χ0) is 13.8. The van der Waals surface area contributed by atoms with Crippen molar-refractivity contribution in [3.63, 3.8) is 0 Å². The molecule has 2 aromatic heterocycles. The summed E-state index contributed by atoms with van der Waals surface area (Å²) in [5, 5.41) is 7.73. The van der Waals surface area contributed by atoms with Gasteiger partial charge in [0.2, 0.25) is 5.91 Å². The van der Waals surface area contributed by atoms with E-state index >= 15 is 0 Å². The maximum absolute atomic E-state index is 11.7. The molecular weight excluding hydrogens is 266 g/mol. The zero-order valence-electron chi connectivity index (χ0n) is 10.9. The molecule has 0 unspecified atom stereocenters. The Kier molecular flexibility index (Phi) is 4.27. The van der Waals surface area contributed by atoms with Gasteiger partial charge in [0.25, 0.3) is 0 Å². The van der Waals surface area contributed by atoms with Crippen LogP contribution in [0.15, 0.2) is 22.8 Å². The number of rotatable bonds is 5. The quantitative estimate of drug-likeness (QED) is 0.916. The van der Waals surface area contributed by atoms with Crippen molar-refractivity contribution < 1.29 is 9.21 Å². The van der Waals surface area contributed by atoms with Crippen LogP contribution in [-0.4, -0.2) is 15.7 Å². The van der Waals surface area contributed by atoms with Gasteiger partial charge in [-0.05, 0) is 26.0 Å². The minimum atomic E-state index is -0.0416. The number of hydrogen-bond acceptors (Lipinski definition) is 3. The van der Waals surface area contributed by atoms with E-state index < -0.39 is 0 Å². The van der Waals surface area contributed by atoms with Crippen LogP contribution in [0.1, 0.15) is 23.6 Å². The lowest BCUT2D eigenvalue weighted by Gasteiger charge is -2.05. The second-order valence-corrected chi connectivity index (χ2v) is 4.69. The summed E-state index contributed by atoms with van der Waals surface area (Å²) >= 11 is 6.05. The summed E-state index contributed by atoms with van der Waals surface area (Å²) in [6, 6.07) is 3.61. The van der Waals surface area contributed by atoms with Crippen LogP contribution in [0.3, 0.4) is 0 Å². The first-order valence-electron chi connectivity index (χ1n) is 6.06. The van der Waals surface area contributed by atoms with E-state index in [0.717, 1.165) is 17.1 Å². The van der Waals surface area contributed by atoms with E-state index in [0.29, 0.717) is 24.5 Å². The molecule has 0 bridgehead atoms. The lowest BCUT2D eigenvalue weighted by molar-refractivity contribution is -0.121. The number of carbonyl (C=O) groups excluding carboxylic acids is 1. The highest BCUT2D eigenvalue weighted by molar-refractivity contribution is 6.31. The number of hydrogen-bond donors (Lipinski definition) is 1. The summed E-state index contributed by atoms with van der Waals surface area (Å²) in [5.74, 6) is 0.697. The first kappa shape index (κ1) is 13.7. The standard InChI is InChI=1S/C13H16ClN3O2/c1-9-13(14)10(2)17(16-9)6-5-12(18)15-8-11-4-3-7-19-11/h3-4,7H,5-6,8H2,1-2H3,(H,15,18). The molecule has 5 nitrogen and oxygen atoms in total. The highest BCUT2D eigenvalue weighted by atomic mass is 35.5. The minimum Gasteiger partial charge on any atom is -0.467 e. The molecule has 0 atom stereocenters. The average molecular weight is 282 g/mol. The molecule has 0 saturated heterocycles. The van der Waals surface area contributed by atoms with E-state index in [1.54, 1.807) is 17.0 Å². The molecule has 2 rings (SSSR count). The van der Waals surface area contributed by atoms with Crippen LogP contribution in [-0.2, 0) is 17.9 Å². The SMILES string of the molecule is Cc1nn(CCC(=O)NCc2ccco2)c(C)c1Cl. The Bertz CT molecular complexity index is 561. The van der Waals surface area contributed by atoms with Crippen LogP contribution in [0.25, 0.3) is 0 Å². The predicted octanol–water partition coefficient (Wildman–Crippen LogP) is 2.45. The van der Waals surface area contributed by atoms with E-state index in [-0.39, 0.29) is 5.91 Å². The highest BCUT2D eigenvalue weighted by Crippen LogP contribution is 2.18. The van der Waals surface area contributed by atoms with Crippen molar-refractivity contribution in [3.8, 4) is 0 Å². The van der Waals surface area contributed by atoms with Crippen LogP contribution in [0.2, 0.25) is 5.02 Å². The van der Waals surface area contributed by atoms with E-state index in [9.17, 15) is 4.79 Å². The maximum Gasteiger partial charge on any atom is 0.222 e. The summed E-state index contributed by atoms with van der Waals surface area (Å²) < 4.78 is 6.89. The van der Waals surface area contributed by atoms with E-state index in [2.05, 4.69) is 10.4 Å². The van der Waals surface area contributed by atoms with Crippen molar-refractivity contribution in [2.75, 3.05) is 0 Å². The van der Waals surface area contributed by atoms with E-state index in [1.165, 1.54) is 0 Å². The Morgan fingerprint density at radius 2 is 2.32 bits per heavy atom. The van der Waals surface area contributed by atoms with Crippen LogP contribution < -0.4 is 5.32 Å². The maximum atomic E-state index is 11.7. The van der Waals surface area contributed by atoms with Crippen LogP contribution >= 0.6 is 11.6 Å². The molecule has 0 aliphatic carbocycles. The fraction of sp³-hybridized carbons (Fsp3) is 0.385. The molecule has 19 heavy (non-hydrogen) atoms. The molecule has 1 N–H and O–H groups in total. The fourth-order valence-corrected chi connectivity index (χ4v) is 1.92. The summed E-state index contributed by atoms with van der Waals surface area (Å²) in [6.45, 7) is 4.67. The number of nitrogens with zero attached hydrogens (tertiary/aromatic N) is 2. The van der Waals surface area contributed by atoms with Gasteiger partial charge in [0, 0.05) is 6.42 Å². The third kappa shape index (κ3) is 3.38. The molecule has 0 fully saturated rings. The second kappa shape index (κ2) is 5.93. The minimum absolute atomic E-state index is 0.0416. The summed E-state index contributed by atoms with van der Waals surface area (Å²) in [4.78, 5) is 11.7. The largest absolute Gasteiger partial charge is 0.467 e. The molecule has 1 amide bonds. The molecular formula is C13H16ClN3O2. The van der Waals surface area contributed by atoms with Gasteiger partial charge in [0.15, 0.2) is 0 Å². The average Bonchev–Trinajstić information content (AvgIpc) is 2.99. The van der Waals surface area contributed by atoms with Crippen LogP contribution in [0.4, 0.5) is 0 Å². The van der Waals surface area contributed by atoms with Gasteiger partial charge >= 0.3 is 0 Å². The van der Waals surface area contributed by atoms with Gasteiger partial charge in [-0.15, -0.1) is 0 Å². The van der Waals surface area contributed by atoms with Crippen molar-refractivity contribution in [2.24, 2.45) is 0 Å². The van der Waals surface area contributed by atoms with Crippen molar-refractivity contribution >= 4 is 17.5 Å². The van der Waals surface area contributed by atoms with Gasteiger partial charge in [0.1, 0.15) is 5.76 Å². The van der Waals surface area contributed by atoms with Gasteiger partial charge in [0.05, 0.1) is 35.8 Å².